The van der Waals surface area contributed by atoms with Crippen molar-refractivity contribution in [1.82, 2.24) is 9.80 Å². The van der Waals surface area contributed by atoms with Gasteiger partial charge >= 0.3 is 23.9 Å². The molecule has 0 fully saturated rings. The number of hydrogen-bond donors (Lipinski definition) is 5. The maximum atomic E-state index is 11.2. The molecule has 0 aliphatic carbocycles. The van der Waals surface area contributed by atoms with Gasteiger partial charge in [0, 0.05) is 24.2 Å². The summed E-state index contributed by atoms with van der Waals surface area (Å²) in [4.78, 5) is 46.9. The lowest BCUT2D eigenvalue weighted by Gasteiger charge is -2.23. The first kappa shape index (κ1) is 25.3. The average Bonchev–Trinajstić information content (AvgIpc) is 2.69. The molecule has 176 valence electrons. The van der Waals surface area contributed by atoms with Crippen LogP contribution in [0.25, 0.3) is 11.1 Å². The monoisotopic (exact) mass is 460 g/mol. The van der Waals surface area contributed by atoms with Crippen LogP contribution in [0, 0.1) is 0 Å². The van der Waals surface area contributed by atoms with Crippen LogP contribution in [0.4, 0.5) is 0 Å². The van der Waals surface area contributed by atoms with Gasteiger partial charge in [-0.2, -0.15) is 0 Å². The number of benzene rings is 2. The normalized spacial score (nSPS) is 11.0. The van der Waals surface area contributed by atoms with Crippen molar-refractivity contribution in [3.8, 4) is 16.9 Å². The Bertz CT molecular complexity index is 933. The molecular formula is C22H24N2O9. The van der Waals surface area contributed by atoms with Crippen LogP contribution in [0.5, 0.6) is 5.75 Å². The van der Waals surface area contributed by atoms with Crippen LogP contribution in [0.15, 0.2) is 42.5 Å². The molecule has 33 heavy (non-hydrogen) atoms. The van der Waals surface area contributed by atoms with Crippen molar-refractivity contribution in [3.63, 3.8) is 0 Å². The Hall–Kier alpha value is -3.96. The van der Waals surface area contributed by atoms with E-state index in [2.05, 4.69) is 0 Å². The molecule has 0 amide bonds. The van der Waals surface area contributed by atoms with Gasteiger partial charge in [0.25, 0.3) is 0 Å². The Kier molecular flexibility index (Phi) is 8.89. The van der Waals surface area contributed by atoms with Crippen LogP contribution in [-0.2, 0) is 32.3 Å². The van der Waals surface area contributed by atoms with Crippen LogP contribution < -0.4 is 0 Å². The smallest absolute Gasteiger partial charge is 0.317 e. The Balaban J connectivity index is 2.51. The summed E-state index contributed by atoms with van der Waals surface area (Å²) in [6.45, 7) is -2.75. The van der Waals surface area contributed by atoms with Gasteiger partial charge in [-0.1, -0.05) is 30.3 Å². The van der Waals surface area contributed by atoms with Crippen molar-refractivity contribution in [2.75, 3.05) is 26.2 Å². The van der Waals surface area contributed by atoms with Crippen molar-refractivity contribution in [2.45, 2.75) is 13.1 Å². The molecule has 0 bridgehead atoms. The van der Waals surface area contributed by atoms with E-state index in [0.29, 0.717) is 5.56 Å². The van der Waals surface area contributed by atoms with E-state index in [4.69, 9.17) is 20.4 Å². The fourth-order valence-electron chi connectivity index (χ4n) is 3.38. The first-order valence-corrected chi connectivity index (χ1v) is 9.77. The molecule has 0 heterocycles. The van der Waals surface area contributed by atoms with Gasteiger partial charge < -0.3 is 25.5 Å². The molecule has 5 N–H and O–H groups in total. The maximum Gasteiger partial charge on any atom is 0.317 e. The highest BCUT2D eigenvalue weighted by molar-refractivity contribution is 5.74. The van der Waals surface area contributed by atoms with Crippen LogP contribution in [0.1, 0.15) is 11.1 Å². The minimum absolute atomic E-state index is 0.212. The van der Waals surface area contributed by atoms with E-state index in [9.17, 15) is 24.3 Å². The number of carboxylic acid groups (broad SMARTS) is 4. The Morgan fingerprint density at radius 3 is 1.30 bits per heavy atom. The number of hydrogen-bond acceptors (Lipinski definition) is 7. The lowest BCUT2D eigenvalue weighted by molar-refractivity contribution is -0.144. The quantitative estimate of drug-likeness (QED) is 0.288. The summed E-state index contributed by atoms with van der Waals surface area (Å²) in [5.74, 6) is -5.28. The van der Waals surface area contributed by atoms with E-state index in [1.165, 1.54) is 0 Å². The molecule has 0 aliphatic heterocycles. The number of aromatic hydroxyl groups is 1. The van der Waals surface area contributed by atoms with E-state index in [0.717, 1.165) is 15.4 Å². The predicted octanol–water partition coefficient (Wildman–Crippen LogP) is 1.00. The summed E-state index contributed by atoms with van der Waals surface area (Å²) in [7, 11) is 0. The summed E-state index contributed by atoms with van der Waals surface area (Å²) < 4.78 is 0. The highest BCUT2D eigenvalue weighted by Crippen LogP contribution is 2.32. The summed E-state index contributed by atoms with van der Waals surface area (Å²) >= 11 is 0. The molecule has 0 spiro atoms. The zero-order valence-electron chi connectivity index (χ0n) is 17.5. The Labute approximate surface area is 188 Å². The highest BCUT2D eigenvalue weighted by atomic mass is 16.4. The number of carboxylic acids is 4. The topological polar surface area (TPSA) is 176 Å². The lowest BCUT2D eigenvalue weighted by atomic mass is 9.97. The molecule has 0 aliphatic rings. The second kappa shape index (κ2) is 11.6. The Morgan fingerprint density at radius 2 is 0.970 bits per heavy atom. The second-order valence-corrected chi connectivity index (χ2v) is 7.37. The minimum Gasteiger partial charge on any atom is -0.507 e. The molecule has 2 aromatic carbocycles. The maximum absolute atomic E-state index is 11.2. The van der Waals surface area contributed by atoms with Crippen molar-refractivity contribution in [1.29, 1.82) is 0 Å². The third kappa shape index (κ3) is 8.24. The zero-order chi connectivity index (χ0) is 24.5. The van der Waals surface area contributed by atoms with E-state index in [1.807, 2.05) is 0 Å². The first-order chi connectivity index (χ1) is 15.5. The predicted molar refractivity (Wildman–Crippen MR) is 115 cm³/mol. The SMILES string of the molecule is O=C(O)CN(CC(=O)O)Cc1cc(-c2ccccc2)cc(CN(CC(=O)O)CC(=O)O)c1O. The number of phenolic OH excluding ortho intramolecular Hbond substituents is 1. The largest absolute Gasteiger partial charge is 0.507 e. The van der Waals surface area contributed by atoms with Gasteiger partial charge in [0.05, 0.1) is 26.2 Å². The number of rotatable bonds is 13. The van der Waals surface area contributed by atoms with Crippen molar-refractivity contribution in [2.24, 2.45) is 0 Å². The van der Waals surface area contributed by atoms with E-state index in [1.54, 1.807) is 42.5 Å². The molecule has 0 saturated carbocycles. The summed E-state index contributed by atoms with van der Waals surface area (Å²) in [5.41, 5.74) is 1.79. The van der Waals surface area contributed by atoms with Crippen molar-refractivity contribution in [3.05, 3.63) is 53.6 Å². The van der Waals surface area contributed by atoms with E-state index >= 15 is 0 Å². The molecule has 0 aromatic heterocycles. The molecule has 0 radical (unpaired) electrons. The summed E-state index contributed by atoms with van der Waals surface area (Å²) in [5, 5.41) is 47.3. The number of nitrogens with zero attached hydrogens (tertiary/aromatic N) is 2. The van der Waals surface area contributed by atoms with Gasteiger partial charge in [-0.05, 0) is 23.3 Å². The summed E-state index contributed by atoms with van der Waals surface area (Å²) in [6, 6.07) is 12.1. The van der Waals surface area contributed by atoms with Gasteiger partial charge in [-0.3, -0.25) is 29.0 Å². The van der Waals surface area contributed by atoms with Gasteiger partial charge in [0.15, 0.2) is 0 Å². The van der Waals surface area contributed by atoms with E-state index < -0.39 is 50.1 Å². The van der Waals surface area contributed by atoms with Crippen LogP contribution in [0.3, 0.4) is 0 Å². The molecule has 0 atom stereocenters. The van der Waals surface area contributed by atoms with Crippen LogP contribution in [-0.4, -0.2) is 85.4 Å². The third-order valence-electron chi connectivity index (χ3n) is 4.60. The molecular weight excluding hydrogens is 436 g/mol. The number of phenols is 1. The average molecular weight is 460 g/mol. The van der Waals surface area contributed by atoms with Gasteiger partial charge in [-0.15, -0.1) is 0 Å². The van der Waals surface area contributed by atoms with Crippen molar-refractivity contribution < 1.29 is 44.7 Å². The summed E-state index contributed by atoms with van der Waals surface area (Å²) in [6.07, 6.45) is 0. The molecule has 0 saturated heterocycles. The van der Waals surface area contributed by atoms with Gasteiger partial charge in [0.2, 0.25) is 0 Å². The molecule has 2 rings (SSSR count). The Morgan fingerprint density at radius 1 is 0.606 bits per heavy atom. The molecule has 0 unspecified atom stereocenters. The molecule has 11 nitrogen and oxygen atoms in total. The van der Waals surface area contributed by atoms with Crippen molar-refractivity contribution >= 4 is 23.9 Å². The fraction of sp³-hybridized carbons (Fsp3) is 0.273. The third-order valence-corrected chi connectivity index (χ3v) is 4.60. The lowest BCUT2D eigenvalue weighted by Crippen LogP contribution is -2.34. The number of aliphatic carboxylic acids is 4. The standard InChI is InChI=1S/C22H24N2O9/c25-18(26)10-23(11-19(27)28)8-16-6-15(14-4-2-1-3-5-14)7-17(22(16)33)9-24(12-20(29)30)13-21(31)32/h1-7,33H,8-13H2,(H,25,26)(H,27,28)(H,29,30)(H,31,32). The fourth-order valence-corrected chi connectivity index (χ4v) is 3.38. The minimum atomic E-state index is -1.25. The zero-order valence-corrected chi connectivity index (χ0v) is 17.5. The number of carbonyl (C=O) groups is 4. The highest BCUT2D eigenvalue weighted by Gasteiger charge is 2.21. The first-order valence-electron chi connectivity index (χ1n) is 9.77. The second-order valence-electron chi connectivity index (χ2n) is 7.37. The molecule has 11 heteroatoms. The molecule has 2 aromatic rings. The van der Waals surface area contributed by atoms with Crippen LogP contribution in [0.2, 0.25) is 0 Å². The van der Waals surface area contributed by atoms with Gasteiger partial charge in [0.1, 0.15) is 5.75 Å². The van der Waals surface area contributed by atoms with E-state index in [-0.39, 0.29) is 30.0 Å². The van der Waals surface area contributed by atoms with Gasteiger partial charge in [-0.25, -0.2) is 0 Å². The van der Waals surface area contributed by atoms with Crippen LogP contribution >= 0.6 is 0 Å².